The summed E-state index contributed by atoms with van der Waals surface area (Å²) in [6.07, 6.45) is 6.20. The number of fused-ring (bicyclic) bond motifs is 6. The van der Waals surface area contributed by atoms with Gasteiger partial charge in [0, 0.05) is 51.0 Å². The number of furan rings is 2. The predicted molar refractivity (Wildman–Crippen MR) is 247 cm³/mol. The van der Waals surface area contributed by atoms with Gasteiger partial charge in [0.25, 0.3) is 5.56 Å². The third kappa shape index (κ3) is 9.20. The number of carbonyl (C=O) groups is 2. The monoisotopic (exact) mass is 928 g/mol. The Morgan fingerprint density at radius 1 is 0.716 bits per heavy atom. The van der Waals surface area contributed by atoms with Crippen LogP contribution in [0.4, 0.5) is 13.5 Å². The molecule has 0 aliphatic heterocycles. The molecule has 0 atom stereocenters. The van der Waals surface area contributed by atoms with Crippen LogP contribution >= 0.6 is 12.4 Å². The number of ether oxygens (including phenoxy) is 2. The van der Waals surface area contributed by atoms with Crippen molar-refractivity contribution in [2.75, 3.05) is 14.2 Å². The van der Waals surface area contributed by atoms with Crippen molar-refractivity contribution < 1.29 is 70.8 Å². The van der Waals surface area contributed by atoms with E-state index >= 15 is 0 Å². The Balaban J connectivity index is 0.000000273. The number of carbonyl (C=O) groups excluding carboxylic acids is 1. The first-order valence-corrected chi connectivity index (χ1v) is 19.2. The number of hydrogen-bond donors (Lipinski definition) is 2. The van der Waals surface area contributed by atoms with Crippen molar-refractivity contribution in [3.63, 3.8) is 0 Å². The van der Waals surface area contributed by atoms with Gasteiger partial charge in [0.05, 0.1) is 67.2 Å². The van der Waals surface area contributed by atoms with Gasteiger partial charge in [-0.3, -0.25) is 9.50 Å². The van der Waals surface area contributed by atoms with Crippen molar-refractivity contribution in [2.45, 2.75) is 20.5 Å². The molecule has 4 aromatic carbocycles. The van der Waals surface area contributed by atoms with Crippen LogP contribution in [0.15, 0.2) is 148 Å². The number of H-pyrrole nitrogens is 1. The van der Waals surface area contributed by atoms with Crippen LogP contribution < -0.4 is 29.2 Å². The van der Waals surface area contributed by atoms with E-state index in [4.69, 9.17) is 18.3 Å². The van der Waals surface area contributed by atoms with E-state index in [9.17, 15) is 28.3 Å². The summed E-state index contributed by atoms with van der Waals surface area (Å²) in [6.45, 7) is 0.115. The molecule has 0 saturated heterocycles. The van der Waals surface area contributed by atoms with Gasteiger partial charge in [0.2, 0.25) is 5.88 Å². The van der Waals surface area contributed by atoms with E-state index in [-0.39, 0.29) is 90.3 Å². The van der Waals surface area contributed by atoms with E-state index in [1.54, 1.807) is 83.8 Å². The number of aromatic amines is 1. The van der Waals surface area contributed by atoms with Crippen LogP contribution in [0.1, 0.15) is 39.5 Å². The molecule has 0 saturated carbocycles. The number of rotatable bonds is 9. The first-order chi connectivity index (χ1) is 30.2. The van der Waals surface area contributed by atoms with Gasteiger partial charge >= 0.3 is 30.8 Å². The minimum atomic E-state index is -1.22. The van der Waals surface area contributed by atoms with Gasteiger partial charge in [-0.25, -0.2) is 23.4 Å². The van der Waals surface area contributed by atoms with Crippen molar-refractivity contribution in [1.82, 2.24) is 19.1 Å². The fourth-order valence-electron chi connectivity index (χ4n) is 8.06. The summed E-state index contributed by atoms with van der Waals surface area (Å²) < 4.78 is 54.3. The zero-order valence-corrected chi connectivity index (χ0v) is 36.1. The number of carboxylic acid groups (broad SMARTS) is 1. The molecule has 3 N–H and O–H groups in total. The molecule has 6 heterocycles. The molecule has 13 nitrogen and oxygen atoms in total. The average molecular weight is 929 g/mol. The molecule has 10 aromatic rings. The number of carboxylic acids is 1. The Morgan fingerprint density at radius 3 is 1.72 bits per heavy atom. The van der Waals surface area contributed by atoms with Crippen LogP contribution in [-0.2, 0) is 17.8 Å². The van der Waals surface area contributed by atoms with E-state index in [1.165, 1.54) is 43.4 Å². The summed E-state index contributed by atoms with van der Waals surface area (Å²) in [5.41, 5.74) is 4.47. The normalized spacial score (nSPS) is 10.4. The third-order valence-electron chi connectivity index (χ3n) is 10.8. The Morgan fingerprint density at radius 2 is 1.22 bits per heavy atom. The van der Waals surface area contributed by atoms with Gasteiger partial charge in [-0.2, -0.15) is 0 Å². The molecule has 10 rings (SSSR count). The Hall–Kier alpha value is -7.48. The second kappa shape index (κ2) is 21.7. The zero-order chi connectivity index (χ0) is 43.1. The largest absolute Gasteiger partial charge is 1.00 e. The van der Waals surface area contributed by atoms with E-state index in [2.05, 4.69) is 9.97 Å². The van der Waals surface area contributed by atoms with Crippen molar-refractivity contribution in [1.29, 1.82) is 0 Å². The number of aromatic nitrogens is 4. The molecule has 0 bridgehead atoms. The fourth-order valence-corrected chi connectivity index (χ4v) is 8.06. The summed E-state index contributed by atoms with van der Waals surface area (Å²) in [5, 5.41) is 13.0. The van der Waals surface area contributed by atoms with Crippen LogP contribution in [0.5, 0.6) is 5.88 Å². The number of pyridine rings is 2. The van der Waals surface area contributed by atoms with Crippen LogP contribution in [0.2, 0.25) is 0 Å². The van der Waals surface area contributed by atoms with Gasteiger partial charge in [0.1, 0.15) is 34.2 Å². The Bertz CT molecular complexity index is 3430. The number of hydrogen-bond acceptors (Lipinski definition) is 9. The van der Waals surface area contributed by atoms with E-state index < -0.39 is 23.3 Å². The molecule has 18 heteroatoms. The number of methoxy groups -OCH3 is 2. The topological polar surface area (TPSA) is 185 Å². The van der Waals surface area contributed by atoms with Crippen molar-refractivity contribution >= 4 is 68.1 Å². The second-order valence-corrected chi connectivity index (χ2v) is 14.2. The first-order valence-electron chi connectivity index (χ1n) is 19.2. The van der Waals surface area contributed by atoms with Crippen LogP contribution in [0.25, 0.3) is 66.0 Å². The molecule has 0 radical (unpaired) electrons. The van der Waals surface area contributed by atoms with Crippen LogP contribution in [0, 0.1) is 11.6 Å². The predicted octanol–water partition coefficient (Wildman–Crippen LogP) is 8.10. The number of nitrogens with one attached hydrogen (secondary N) is 1. The summed E-state index contributed by atoms with van der Waals surface area (Å²) in [7, 11) is 2.84. The minimum Gasteiger partial charge on any atom is -0.870 e. The molecule has 340 valence electrons. The van der Waals surface area contributed by atoms with E-state index in [1.807, 2.05) is 30.3 Å². The van der Waals surface area contributed by atoms with Gasteiger partial charge in [-0.15, -0.1) is 12.4 Å². The summed E-state index contributed by atoms with van der Waals surface area (Å²) in [4.78, 5) is 45.0. The fraction of sp³-hybridized carbons (Fsp3) is 0.102. The van der Waals surface area contributed by atoms with Crippen molar-refractivity contribution in [3.05, 3.63) is 179 Å². The molecule has 0 amide bonds. The smallest absolute Gasteiger partial charge is 0.870 e. The maximum Gasteiger partial charge on any atom is 1.00 e. The third-order valence-corrected chi connectivity index (χ3v) is 10.8. The maximum absolute atomic E-state index is 14.6. The molecule has 0 spiro atoms. The minimum absolute atomic E-state index is 0. The van der Waals surface area contributed by atoms with E-state index in [0.29, 0.717) is 61.1 Å². The Labute approximate surface area is 397 Å². The number of halogens is 4. The molecular formula is C49H41ClF3LiN4O9. The zero-order valence-electron chi connectivity index (χ0n) is 35.3. The van der Waals surface area contributed by atoms with Crippen molar-refractivity contribution in [3.8, 4) is 28.1 Å². The van der Waals surface area contributed by atoms with Gasteiger partial charge < -0.3 is 43.0 Å². The summed E-state index contributed by atoms with van der Waals surface area (Å²) in [6, 6.07) is 30.5. The van der Waals surface area contributed by atoms with Crippen LogP contribution in [-0.4, -0.2) is 55.8 Å². The molecule has 0 aliphatic rings. The summed E-state index contributed by atoms with van der Waals surface area (Å²) in [5.74, 6) is -2.22. The Kier molecular flexibility index (Phi) is 16.9. The van der Waals surface area contributed by atoms with Gasteiger partial charge in [-0.1, -0.05) is 43.8 Å². The first kappa shape index (κ1) is 52.1. The van der Waals surface area contributed by atoms with Gasteiger partial charge in [0.15, 0.2) is 0 Å². The second-order valence-electron chi connectivity index (χ2n) is 14.2. The average Bonchev–Trinajstić information content (AvgIpc) is 4.09. The standard InChI is InChI=1S/C25H19FN2O4.C23H15FN2O4.CH4.ClH.FH.Li.H2O/c1-30-24-17(7-5-12-27-24)20-21-19(10-9-15-11-13-32-23(15)21)28(22(20)25(29)31-2)14-16-6-3-4-8-18(16)26;24-16-6-2-1-4-14(16)12-26-17-8-7-13-9-11-30-21(13)19(17)18(20(26)23(28)29)15-5-3-10-25-22(15)27;;;;;/h3-13H,14H2,1-2H3;1-11H,12H2,(H,25,27)(H,28,29);1H4;2*1H;;1H2/q;;;;;+1;/p-1. The van der Waals surface area contributed by atoms with E-state index in [0.717, 1.165) is 10.8 Å². The van der Waals surface area contributed by atoms with Gasteiger partial charge in [-0.05, 0) is 72.8 Å². The summed E-state index contributed by atoms with van der Waals surface area (Å²) >= 11 is 0. The number of esters is 1. The molecule has 67 heavy (non-hydrogen) atoms. The number of benzene rings is 4. The molecule has 0 fully saturated rings. The van der Waals surface area contributed by atoms with Crippen molar-refractivity contribution in [2.24, 2.45) is 0 Å². The molecular weight excluding hydrogens is 888 g/mol. The quantitative estimate of drug-likeness (QED) is 0.106. The maximum atomic E-state index is 14.6. The molecule has 0 unspecified atom stereocenters. The molecule has 0 aliphatic carbocycles. The molecule has 6 aromatic heterocycles. The van der Waals surface area contributed by atoms with Crippen LogP contribution in [0.3, 0.4) is 0 Å². The number of nitrogens with zero attached hydrogens (tertiary/aromatic N) is 3. The number of aromatic carboxylic acids is 1. The SMILES string of the molecule is C.COC(=O)c1c(-c2cccnc2OC)c2c3occc3ccc2n1Cc1ccccc1F.Cl.F.O=C(O)c1c(-c2ccc[nH]c2=O)c2c3occc3ccc2n1Cc1ccccc1F.[Li+].[OH-].